The van der Waals surface area contributed by atoms with Crippen LogP contribution >= 0.6 is 0 Å². The second-order valence-electron chi connectivity index (χ2n) is 4.35. The van der Waals surface area contributed by atoms with Crippen LogP contribution in [0.5, 0.6) is 0 Å². The fourth-order valence-electron chi connectivity index (χ4n) is 2.43. The summed E-state index contributed by atoms with van der Waals surface area (Å²) in [6.45, 7) is 3.37. The smallest absolute Gasteiger partial charge is 0.0104 e. The summed E-state index contributed by atoms with van der Waals surface area (Å²) >= 11 is 0. The van der Waals surface area contributed by atoms with Crippen LogP contribution in [0.4, 0.5) is 0 Å². The first-order valence-electron chi connectivity index (χ1n) is 6.05. The summed E-state index contributed by atoms with van der Waals surface area (Å²) in [5, 5.41) is 3.65. The largest absolute Gasteiger partial charge is 0.314 e. The summed E-state index contributed by atoms with van der Waals surface area (Å²) < 4.78 is 0. The maximum absolute atomic E-state index is 5.33. The molecular weight excluding hydrogens is 170 g/mol. The Labute approximate surface area is 88.7 Å². The van der Waals surface area contributed by atoms with Gasteiger partial charge in [0.2, 0.25) is 0 Å². The second-order valence-corrected chi connectivity index (χ2v) is 4.35. The van der Waals surface area contributed by atoms with Crippen molar-refractivity contribution in [2.75, 3.05) is 6.54 Å². The zero-order valence-corrected chi connectivity index (χ0v) is 9.39. The van der Waals surface area contributed by atoms with E-state index in [-0.39, 0.29) is 0 Å². The van der Waals surface area contributed by atoms with Gasteiger partial charge in [0.05, 0.1) is 0 Å². The zero-order valence-electron chi connectivity index (χ0n) is 9.39. The van der Waals surface area contributed by atoms with Crippen LogP contribution in [0.2, 0.25) is 0 Å². The van der Waals surface area contributed by atoms with E-state index in [1.807, 2.05) is 0 Å². The van der Waals surface area contributed by atoms with Crippen LogP contribution in [-0.4, -0.2) is 12.6 Å². The predicted octanol–water partition coefficient (Wildman–Crippen LogP) is 2.96. The minimum atomic E-state index is 0.688. The van der Waals surface area contributed by atoms with Crippen molar-refractivity contribution in [2.45, 2.75) is 57.9 Å². The normalized spacial score (nSPS) is 19.4. The topological polar surface area (TPSA) is 12.0 Å². The molecule has 1 heteroatoms. The highest BCUT2D eigenvalue weighted by Gasteiger charge is 2.23. The summed E-state index contributed by atoms with van der Waals surface area (Å²) in [5.41, 5.74) is 0. The first kappa shape index (κ1) is 11.6. The van der Waals surface area contributed by atoms with Gasteiger partial charge in [-0.3, -0.25) is 0 Å². The van der Waals surface area contributed by atoms with E-state index in [4.69, 9.17) is 6.42 Å². The molecule has 0 spiro atoms. The molecule has 1 unspecified atom stereocenters. The quantitative estimate of drug-likeness (QED) is 0.639. The molecule has 0 saturated heterocycles. The first-order chi connectivity index (χ1) is 6.88. The van der Waals surface area contributed by atoms with Gasteiger partial charge in [-0.1, -0.05) is 19.8 Å². The Morgan fingerprint density at radius 1 is 1.43 bits per heavy atom. The van der Waals surface area contributed by atoms with Gasteiger partial charge in [0, 0.05) is 12.5 Å². The summed E-state index contributed by atoms with van der Waals surface area (Å²) in [5.74, 6) is 3.66. The first-order valence-corrected chi connectivity index (χ1v) is 6.05. The number of hydrogen-bond donors (Lipinski definition) is 1. The molecule has 1 saturated carbocycles. The Hall–Kier alpha value is -0.480. The fourth-order valence-corrected chi connectivity index (χ4v) is 2.43. The molecule has 80 valence electrons. The standard InChI is InChI=1S/C13H23N/c1-3-5-10-13(14-11-4-2)12-8-6-7-9-12/h1,12-14H,4-11H2,2H3. The van der Waals surface area contributed by atoms with Crippen LogP contribution in [0.1, 0.15) is 51.9 Å². The summed E-state index contributed by atoms with van der Waals surface area (Å²) in [7, 11) is 0. The number of hydrogen-bond acceptors (Lipinski definition) is 1. The average Bonchev–Trinajstić information content (AvgIpc) is 2.71. The van der Waals surface area contributed by atoms with E-state index in [1.54, 1.807) is 0 Å². The van der Waals surface area contributed by atoms with E-state index in [9.17, 15) is 0 Å². The van der Waals surface area contributed by atoms with Crippen molar-refractivity contribution in [3.8, 4) is 12.3 Å². The van der Waals surface area contributed by atoms with Gasteiger partial charge < -0.3 is 5.32 Å². The Balaban J connectivity index is 2.30. The molecule has 0 aromatic rings. The summed E-state index contributed by atoms with van der Waals surface area (Å²) in [4.78, 5) is 0. The minimum Gasteiger partial charge on any atom is -0.314 e. The minimum absolute atomic E-state index is 0.688. The molecule has 1 rings (SSSR count). The third kappa shape index (κ3) is 3.72. The monoisotopic (exact) mass is 193 g/mol. The maximum Gasteiger partial charge on any atom is 0.0104 e. The number of nitrogens with one attached hydrogen (secondary N) is 1. The lowest BCUT2D eigenvalue weighted by molar-refractivity contribution is 0.343. The van der Waals surface area contributed by atoms with E-state index in [0.717, 1.165) is 18.9 Å². The van der Waals surface area contributed by atoms with Crippen LogP contribution in [0, 0.1) is 18.3 Å². The molecule has 0 aromatic heterocycles. The van der Waals surface area contributed by atoms with Gasteiger partial charge in [-0.25, -0.2) is 0 Å². The van der Waals surface area contributed by atoms with Crippen LogP contribution < -0.4 is 5.32 Å². The summed E-state index contributed by atoms with van der Waals surface area (Å²) in [6, 6.07) is 0.688. The molecule has 1 N–H and O–H groups in total. The lowest BCUT2D eigenvalue weighted by atomic mass is 9.94. The van der Waals surface area contributed by atoms with Crippen molar-refractivity contribution < 1.29 is 0 Å². The molecule has 0 radical (unpaired) electrons. The van der Waals surface area contributed by atoms with Gasteiger partial charge in [-0.15, -0.1) is 12.3 Å². The van der Waals surface area contributed by atoms with Gasteiger partial charge in [0.25, 0.3) is 0 Å². The third-order valence-electron chi connectivity index (χ3n) is 3.23. The molecular formula is C13H23N. The van der Waals surface area contributed by atoms with E-state index in [2.05, 4.69) is 18.2 Å². The second kappa shape index (κ2) is 6.90. The highest BCUT2D eigenvalue weighted by Crippen LogP contribution is 2.29. The van der Waals surface area contributed by atoms with E-state index in [1.165, 1.54) is 38.5 Å². The molecule has 0 bridgehead atoms. The van der Waals surface area contributed by atoms with Crippen LogP contribution in [0.25, 0.3) is 0 Å². The van der Waals surface area contributed by atoms with Crippen LogP contribution in [0.3, 0.4) is 0 Å². The molecule has 0 aromatic carbocycles. The fraction of sp³-hybridized carbons (Fsp3) is 0.846. The molecule has 0 heterocycles. The van der Waals surface area contributed by atoms with Crippen molar-refractivity contribution in [3.63, 3.8) is 0 Å². The molecule has 1 nitrogen and oxygen atoms in total. The Morgan fingerprint density at radius 2 is 2.14 bits per heavy atom. The molecule has 1 fully saturated rings. The Kier molecular flexibility index (Phi) is 5.71. The average molecular weight is 193 g/mol. The molecule has 1 atom stereocenters. The van der Waals surface area contributed by atoms with Crippen LogP contribution in [0.15, 0.2) is 0 Å². The SMILES string of the molecule is C#CCCC(NCCC)C1CCCC1. The number of terminal acetylenes is 1. The third-order valence-corrected chi connectivity index (χ3v) is 3.23. The molecule has 14 heavy (non-hydrogen) atoms. The number of rotatable bonds is 6. The molecule has 1 aliphatic rings. The van der Waals surface area contributed by atoms with Crippen molar-refractivity contribution in [3.05, 3.63) is 0 Å². The van der Waals surface area contributed by atoms with Gasteiger partial charge in [-0.2, -0.15) is 0 Å². The van der Waals surface area contributed by atoms with Crippen molar-refractivity contribution >= 4 is 0 Å². The van der Waals surface area contributed by atoms with Gasteiger partial charge in [0.15, 0.2) is 0 Å². The van der Waals surface area contributed by atoms with E-state index < -0.39 is 0 Å². The van der Waals surface area contributed by atoms with Crippen molar-refractivity contribution in [1.29, 1.82) is 0 Å². The highest BCUT2D eigenvalue weighted by atomic mass is 14.9. The van der Waals surface area contributed by atoms with Crippen molar-refractivity contribution in [2.24, 2.45) is 5.92 Å². The molecule has 0 amide bonds. The lowest BCUT2D eigenvalue weighted by Gasteiger charge is -2.23. The Bertz CT molecular complexity index is 174. The highest BCUT2D eigenvalue weighted by molar-refractivity contribution is 4.88. The van der Waals surface area contributed by atoms with E-state index in [0.29, 0.717) is 6.04 Å². The Morgan fingerprint density at radius 3 is 2.71 bits per heavy atom. The summed E-state index contributed by atoms with van der Waals surface area (Å²) in [6.07, 6.45) is 14.3. The predicted molar refractivity (Wildman–Crippen MR) is 62.1 cm³/mol. The van der Waals surface area contributed by atoms with Crippen molar-refractivity contribution in [1.82, 2.24) is 5.32 Å². The zero-order chi connectivity index (χ0) is 10.2. The molecule has 0 aliphatic heterocycles. The van der Waals surface area contributed by atoms with Gasteiger partial charge in [-0.05, 0) is 38.1 Å². The maximum atomic E-state index is 5.33. The van der Waals surface area contributed by atoms with E-state index >= 15 is 0 Å². The van der Waals surface area contributed by atoms with Gasteiger partial charge in [0.1, 0.15) is 0 Å². The molecule has 1 aliphatic carbocycles. The lowest BCUT2D eigenvalue weighted by Crippen LogP contribution is -2.35. The van der Waals surface area contributed by atoms with Gasteiger partial charge >= 0.3 is 0 Å². The van der Waals surface area contributed by atoms with Crippen LogP contribution in [-0.2, 0) is 0 Å².